The molecule has 1 aromatic heterocycles. The van der Waals surface area contributed by atoms with Crippen LogP contribution in [0.2, 0.25) is 0 Å². The fourth-order valence-corrected chi connectivity index (χ4v) is 1.61. The van der Waals surface area contributed by atoms with Crippen molar-refractivity contribution < 1.29 is 9.47 Å². The third-order valence-corrected chi connectivity index (χ3v) is 2.40. The lowest BCUT2D eigenvalue weighted by Crippen LogP contribution is -2.10. The van der Waals surface area contributed by atoms with E-state index in [1.54, 1.807) is 12.4 Å². The maximum Gasteiger partial charge on any atom is 0.234 e. The van der Waals surface area contributed by atoms with Gasteiger partial charge >= 0.3 is 0 Å². The normalized spacial score (nSPS) is 10.1. The topological polar surface area (TPSA) is 82.3 Å². The third kappa shape index (κ3) is 4.10. The van der Waals surface area contributed by atoms with Gasteiger partial charge in [-0.15, -0.1) is 0 Å². The molecule has 20 heavy (non-hydrogen) atoms. The predicted molar refractivity (Wildman–Crippen MR) is 77.5 cm³/mol. The van der Waals surface area contributed by atoms with E-state index in [2.05, 4.69) is 15.3 Å². The Morgan fingerprint density at radius 2 is 2.15 bits per heavy atom. The van der Waals surface area contributed by atoms with Crippen molar-refractivity contribution in [2.24, 2.45) is 5.73 Å². The average Bonchev–Trinajstić information content (AvgIpc) is 2.46. The van der Waals surface area contributed by atoms with Crippen molar-refractivity contribution in [1.82, 2.24) is 9.97 Å². The van der Waals surface area contributed by atoms with Gasteiger partial charge in [0, 0.05) is 18.3 Å². The van der Waals surface area contributed by atoms with Gasteiger partial charge in [0.25, 0.3) is 0 Å². The van der Waals surface area contributed by atoms with E-state index in [1.807, 2.05) is 31.2 Å². The van der Waals surface area contributed by atoms with Gasteiger partial charge < -0.3 is 20.5 Å². The molecule has 106 valence electrons. The number of nitrogens with two attached hydrogens (primary N) is 1. The molecule has 2 rings (SSSR count). The van der Waals surface area contributed by atoms with Crippen LogP contribution in [0.4, 0.5) is 11.5 Å². The molecule has 2 aromatic rings. The van der Waals surface area contributed by atoms with E-state index in [0.29, 0.717) is 31.5 Å². The quantitative estimate of drug-likeness (QED) is 0.803. The van der Waals surface area contributed by atoms with Crippen LogP contribution < -0.4 is 20.5 Å². The second-order valence-electron chi connectivity index (χ2n) is 3.97. The van der Waals surface area contributed by atoms with Gasteiger partial charge in [-0.2, -0.15) is 4.98 Å². The van der Waals surface area contributed by atoms with Crippen molar-refractivity contribution in [3.8, 4) is 11.6 Å². The summed E-state index contributed by atoms with van der Waals surface area (Å²) in [5.41, 5.74) is 6.27. The molecule has 0 amide bonds. The first-order chi connectivity index (χ1) is 9.81. The maximum atomic E-state index is 5.47. The molecule has 0 aliphatic rings. The lowest BCUT2D eigenvalue weighted by Gasteiger charge is -2.09. The minimum atomic E-state index is 0.486. The van der Waals surface area contributed by atoms with E-state index in [-0.39, 0.29) is 0 Å². The standard InChI is InChI=1S/C14H18N4O2/c1-2-19-14-10-16-9-13(18-14)17-11-4-3-5-12(8-11)20-7-6-15/h3-5,8-10H,2,6-7,15H2,1H3,(H,17,18). The summed E-state index contributed by atoms with van der Waals surface area (Å²) in [5, 5.41) is 3.15. The molecule has 0 atom stereocenters. The molecule has 6 heteroatoms. The van der Waals surface area contributed by atoms with Crippen molar-refractivity contribution in [1.29, 1.82) is 0 Å². The average molecular weight is 274 g/mol. The van der Waals surface area contributed by atoms with Gasteiger partial charge in [0.1, 0.15) is 12.4 Å². The van der Waals surface area contributed by atoms with Crippen molar-refractivity contribution in [3.63, 3.8) is 0 Å². The van der Waals surface area contributed by atoms with Crippen LogP contribution >= 0.6 is 0 Å². The molecule has 0 saturated heterocycles. The Morgan fingerprint density at radius 3 is 2.95 bits per heavy atom. The highest BCUT2D eigenvalue weighted by Crippen LogP contribution is 2.21. The molecule has 0 spiro atoms. The highest BCUT2D eigenvalue weighted by molar-refractivity contribution is 5.57. The fourth-order valence-electron chi connectivity index (χ4n) is 1.61. The van der Waals surface area contributed by atoms with Gasteiger partial charge in [-0.05, 0) is 19.1 Å². The SMILES string of the molecule is CCOc1cncc(Nc2cccc(OCCN)c2)n1. The van der Waals surface area contributed by atoms with Crippen molar-refractivity contribution in [2.75, 3.05) is 25.1 Å². The second kappa shape index (κ2) is 7.30. The minimum absolute atomic E-state index is 0.486. The van der Waals surface area contributed by atoms with Gasteiger partial charge in [0.15, 0.2) is 5.82 Å². The summed E-state index contributed by atoms with van der Waals surface area (Å²) in [5.74, 6) is 1.87. The monoisotopic (exact) mass is 274 g/mol. The van der Waals surface area contributed by atoms with E-state index in [1.165, 1.54) is 0 Å². The Bertz CT molecular complexity index is 548. The Morgan fingerprint density at radius 1 is 1.25 bits per heavy atom. The summed E-state index contributed by atoms with van der Waals surface area (Å²) in [6.45, 7) is 3.43. The highest BCUT2D eigenvalue weighted by Gasteiger charge is 2.01. The summed E-state index contributed by atoms with van der Waals surface area (Å²) in [4.78, 5) is 8.37. The van der Waals surface area contributed by atoms with Crippen LogP contribution in [0.5, 0.6) is 11.6 Å². The van der Waals surface area contributed by atoms with Crippen LogP contribution in [0.25, 0.3) is 0 Å². The van der Waals surface area contributed by atoms with E-state index in [0.717, 1.165) is 11.4 Å². The number of hydrogen-bond donors (Lipinski definition) is 2. The van der Waals surface area contributed by atoms with Crippen LogP contribution in [0, 0.1) is 0 Å². The summed E-state index contributed by atoms with van der Waals surface area (Å²) in [6, 6.07) is 7.58. The van der Waals surface area contributed by atoms with Gasteiger partial charge in [-0.3, -0.25) is 4.98 Å². The Balaban J connectivity index is 2.07. The van der Waals surface area contributed by atoms with Gasteiger partial charge in [-0.25, -0.2) is 0 Å². The number of rotatable bonds is 7. The zero-order valence-corrected chi connectivity index (χ0v) is 11.4. The van der Waals surface area contributed by atoms with Gasteiger partial charge in [0.05, 0.1) is 19.0 Å². The lowest BCUT2D eigenvalue weighted by atomic mass is 10.3. The highest BCUT2D eigenvalue weighted by atomic mass is 16.5. The van der Waals surface area contributed by atoms with Crippen molar-refractivity contribution >= 4 is 11.5 Å². The summed E-state index contributed by atoms with van der Waals surface area (Å²) >= 11 is 0. The largest absolute Gasteiger partial charge is 0.492 e. The molecular formula is C14H18N4O2. The first kappa shape index (κ1) is 14.1. The number of nitrogens with one attached hydrogen (secondary N) is 1. The van der Waals surface area contributed by atoms with E-state index in [9.17, 15) is 0 Å². The van der Waals surface area contributed by atoms with Gasteiger partial charge in [-0.1, -0.05) is 6.07 Å². The van der Waals surface area contributed by atoms with Crippen LogP contribution in [0.1, 0.15) is 6.92 Å². The molecular weight excluding hydrogens is 256 g/mol. The molecule has 0 unspecified atom stereocenters. The summed E-state index contributed by atoms with van der Waals surface area (Å²) in [6.07, 6.45) is 3.21. The van der Waals surface area contributed by atoms with Crippen molar-refractivity contribution in [3.05, 3.63) is 36.7 Å². The molecule has 1 heterocycles. The smallest absolute Gasteiger partial charge is 0.234 e. The zero-order chi connectivity index (χ0) is 14.2. The molecule has 3 N–H and O–H groups in total. The van der Waals surface area contributed by atoms with E-state index in [4.69, 9.17) is 15.2 Å². The zero-order valence-electron chi connectivity index (χ0n) is 11.4. The van der Waals surface area contributed by atoms with Crippen LogP contribution in [0.3, 0.4) is 0 Å². The van der Waals surface area contributed by atoms with Crippen LogP contribution in [0.15, 0.2) is 36.7 Å². The van der Waals surface area contributed by atoms with E-state index >= 15 is 0 Å². The summed E-state index contributed by atoms with van der Waals surface area (Å²) in [7, 11) is 0. The molecule has 0 bridgehead atoms. The van der Waals surface area contributed by atoms with E-state index < -0.39 is 0 Å². The molecule has 0 radical (unpaired) electrons. The molecule has 0 aliphatic carbocycles. The first-order valence-corrected chi connectivity index (χ1v) is 6.46. The molecule has 0 aliphatic heterocycles. The van der Waals surface area contributed by atoms with Crippen LogP contribution in [-0.2, 0) is 0 Å². The molecule has 0 saturated carbocycles. The second-order valence-corrected chi connectivity index (χ2v) is 3.97. The Kier molecular flexibility index (Phi) is 5.14. The molecule has 0 fully saturated rings. The number of aromatic nitrogens is 2. The Labute approximate surface area is 118 Å². The third-order valence-electron chi connectivity index (χ3n) is 2.40. The number of benzene rings is 1. The number of hydrogen-bond acceptors (Lipinski definition) is 6. The lowest BCUT2D eigenvalue weighted by molar-refractivity contribution is 0.326. The number of nitrogens with zero attached hydrogens (tertiary/aromatic N) is 2. The summed E-state index contributed by atoms with van der Waals surface area (Å²) < 4.78 is 10.8. The predicted octanol–water partition coefficient (Wildman–Crippen LogP) is 1.96. The van der Waals surface area contributed by atoms with Crippen molar-refractivity contribution in [2.45, 2.75) is 6.92 Å². The number of ether oxygens (including phenoxy) is 2. The first-order valence-electron chi connectivity index (χ1n) is 6.46. The number of anilines is 2. The maximum absolute atomic E-state index is 5.47. The van der Waals surface area contributed by atoms with Crippen LogP contribution in [-0.4, -0.2) is 29.7 Å². The molecule has 6 nitrogen and oxygen atoms in total. The minimum Gasteiger partial charge on any atom is -0.492 e. The Hall–Kier alpha value is -2.34. The molecule has 1 aromatic carbocycles. The fraction of sp³-hybridized carbons (Fsp3) is 0.286. The van der Waals surface area contributed by atoms with Gasteiger partial charge in [0.2, 0.25) is 5.88 Å².